The molecule has 1 unspecified atom stereocenters. The first-order valence-corrected chi connectivity index (χ1v) is 7.85. The van der Waals surface area contributed by atoms with E-state index in [2.05, 4.69) is 0 Å². The van der Waals surface area contributed by atoms with Gasteiger partial charge in [0.2, 0.25) is 0 Å². The zero-order valence-electron chi connectivity index (χ0n) is 13.5. The summed E-state index contributed by atoms with van der Waals surface area (Å²) in [5, 5.41) is 19.8. The van der Waals surface area contributed by atoms with Crippen LogP contribution in [0.5, 0.6) is 0 Å². The van der Waals surface area contributed by atoms with Gasteiger partial charge in [0.25, 0.3) is 11.7 Å². The molecular formula is C19H15F2NO4. The molecule has 1 aliphatic rings. The zero-order valence-corrected chi connectivity index (χ0v) is 13.5. The van der Waals surface area contributed by atoms with Crippen LogP contribution in [0.15, 0.2) is 54.1 Å². The Morgan fingerprint density at radius 3 is 2.31 bits per heavy atom. The summed E-state index contributed by atoms with van der Waals surface area (Å²) in [6.45, 7) is -0.641. The van der Waals surface area contributed by atoms with Crippen LogP contribution in [-0.2, 0) is 9.59 Å². The minimum atomic E-state index is -1.19. The highest BCUT2D eigenvalue weighted by molar-refractivity contribution is 6.46. The van der Waals surface area contributed by atoms with Crippen LogP contribution < -0.4 is 0 Å². The molecule has 2 aromatic carbocycles. The highest BCUT2D eigenvalue weighted by Crippen LogP contribution is 2.39. The number of hydrogen-bond donors (Lipinski definition) is 2. The molecule has 1 atom stereocenters. The molecule has 0 bridgehead atoms. The van der Waals surface area contributed by atoms with Gasteiger partial charge in [-0.3, -0.25) is 9.59 Å². The molecule has 134 valence electrons. The van der Waals surface area contributed by atoms with Gasteiger partial charge in [-0.25, -0.2) is 8.78 Å². The fraction of sp³-hybridized carbons (Fsp3) is 0.158. The van der Waals surface area contributed by atoms with Crippen molar-refractivity contribution in [1.82, 2.24) is 4.90 Å². The minimum absolute atomic E-state index is 0.0174. The Bertz CT molecular complexity index is 893. The smallest absolute Gasteiger partial charge is 0.295 e. The fourth-order valence-corrected chi connectivity index (χ4v) is 3.00. The van der Waals surface area contributed by atoms with Crippen LogP contribution >= 0.6 is 0 Å². The molecule has 5 nitrogen and oxygen atoms in total. The van der Waals surface area contributed by atoms with Gasteiger partial charge < -0.3 is 15.1 Å². The summed E-state index contributed by atoms with van der Waals surface area (Å²) >= 11 is 0. The maximum atomic E-state index is 14.3. The van der Waals surface area contributed by atoms with Crippen LogP contribution in [0.2, 0.25) is 0 Å². The molecule has 2 aromatic rings. The van der Waals surface area contributed by atoms with E-state index in [0.29, 0.717) is 0 Å². The molecule has 0 aliphatic carbocycles. The predicted molar refractivity (Wildman–Crippen MR) is 88.9 cm³/mol. The summed E-state index contributed by atoms with van der Waals surface area (Å²) in [5.41, 5.74) is -0.168. The molecule has 7 heteroatoms. The predicted octanol–water partition coefficient (Wildman–Crippen LogP) is 2.38. The van der Waals surface area contributed by atoms with Gasteiger partial charge in [0, 0.05) is 17.7 Å². The summed E-state index contributed by atoms with van der Waals surface area (Å²) in [4.78, 5) is 25.8. The maximum Gasteiger partial charge on any atom is 0.295 e. The zero-order chi connectivity index (χ0) is 18.8. The number of halogens is 2. The standard InChI is InChI=1S/C19H15F2NO4/c20-12-7-5-11(6-8-12)17(24)15-16(13-3-1-2-4-14(13)21)22(9-10-23)19(26)18(15)25/h1-8,16,23-24H,9-10H2/b17-15-. The van der Waals surface area contributed by atoms with E-state index in [1.807, 2.05) is 0 Å². The van der Waals surface area contributed by atoms with Crippen LogP contribution in [0.3, 0.4) is 0 Å². The summed E-state index contributed by atoms with van der Waals surface area (Å²) in [5.74, 6) is -3.66. The summed E-state index contributed by atoms with van der Waals surface area (Å²) in [6, 6.07) is 9.07. The first-order chi connectivity index (χ1) is 12.5. The second kappa shape index (κ2) is 7.05. The van der Waals surface area contributed by atoms with Crippen LogP contribution in [-0.4, -0.2) is 40.0 Å². The number of rotatable bonds is 4. The Hall–Kier alpha value is -3.06. The first-order valence-electron chi connectivity index (χ1n) is 7.85. The highest BCUT2D eigenvalue weighted by Gasteiger charge is 2.46. The van der Waals surface area contributed by atoms with E-state index in [1.54, 1.807) is 0 Å². The molecule has 2 N–H and O–H groups in total. The molecule has 0 saturated carbocycles. The van der Waals surface area contributed by atoms with E-state index in [9.17, 15) is 28.6 Å². The first kappa shape index (κ1) is 17.8. The quantitative estimate of drug-likeness (QED) is 0.499. The number of aliphatic hydroxyl groups excluding tert-OH is 2. The third kappa shape index (κ3) is 2.97. The molecule has 1 heterocycles. The number of likely N-dealkylation sites (tertiary alicyclic amines) is 1. The number of β-amino-alcohol motifs (C(OH)–C–C–N with tert-alkyl or cyclic N) is 1. The van der Waals surface area contributed by atoms with Gasteiger partial charge in [0.1, 0.15) is 17.4 Å². The molecule has 0 spiro atoms. The number of nitrogens with zero attached hydrogens (tertiary/aromatic N) is 1. The van der Waals surface area contributed by atoms with Crippen molar-refractivity contribution < 1.29 is 28.6 Å². The van der Waals surface area contributed by atoms with Gasteiger partial charge in [-0.05, 0) is 30.3 Å². The van der Waals surface area contributed by atoms with Gasteiger partial charge in [0.15, 0.2) is 0 Å². The van der Waals surface area contributed by atoms with Crippen LogP contribution in [0.4, 0.5) is 8.78 Å². The Balaban J connectivity index is 2.21. The normalized spacial score (nSPS) is 19.2. The molecule has 0 aromatic heterocycles. The van der Waals surface area contributed by atoms with Gasteiger partial charge >= 0.3 is 0 Å². The van der Waals surface area contributed by atoms with E-state index < -0.39 is 41.7 Å². The Morgan fingerprint density at radius 2 is 1.69 bits per heavy atom. The summed E-state index contributed by atoms with van der Waals surface area (Å²) < 4.78 is 27.5. The van der Waals surface area contributed by atoms with E-state index in [0.717, 1.165) is 17.0 Å². The maximum absolute atomic E-state index is 14.3. The third-order valence-electron chi connectivity index (χ3n) is 4.20. The van der Waals surface area contributed by atoms with Crippen molar-refractivity contribution >= 4 is 17.4 Å². The van der Waals surface area contributed by atoms with Crippen molar-refractivity contribution in [3.8, 4) is 0 Å². The van der Waals surface area contributed by atoms with Gasteiger partial charge in [-0.1, -0.05) is 18.2 Å². The van der Waals surface area contributed by atoms with Crippen LogP contribution in [0, 0.1) is 11.6 Å². The number of aliphatic hydroxyl groups is 2. The molecule has 1 amide bonds. The second-order valence-corrected chi connectivity index (χ2v) is 5.74. The van der Waals surface area contributed by atoms with Crippen molar-refractivity contribution in [2.45, 2.75) is 6.04 Å². The Morgan fingerprint density at radius 1 is 1.04 bits per heavy atom. The SMILES string of the molecule is O=C1C(=O)N(CCO)C(c2ccccc2F)/C1=C(/O)c1ccc(F)cc1. The number of benzene rings is 2. The third-order valence-corrected chi connectivity index (χ3v) is 4.20. The number of amides is 1. The van der Waals surface area contributed by atoms with Crippen molar-refractivity contribution in [1.29, 1.82) is 0 Å². The largest absolute Gasteiger partial charge is 0.507 e. The molecule has 1 saturated heterocycles. The lowest BCUT2D eigenvalue weighted by Crippen LogP contribution is -2.32. The van der Waals surface area contributed by atoms with E-state index >= 15 is 0 Å². The average molecular weight is 359 g/mol. The van der Waals surface area contributed by atoms with E-state index in [-0.39, 0.29) is 23.2 Å². The number of carbonyl (C=O) groups is 2. The number of hydrogen-bond acceptors (Lipinski definition) is 4. The molecule has 1 fully saturated rings. The average Bonchev–Trinajstić information content (AvgIpc) is 2.87. The number of carbonyl (C=O) groups excluding carboxylic acids is 2. The van der Waals surface area contributed by atoms with E-state index in [1.165, 1.54) is 36.4 Å². The van der Waals surface area contributed by atoms with Crippen LogP contribution in [0.1, 0.15) is 17.2 Å². The van der Waals surface area contributed by atoms with E-state index in [4.69, 9.17) is 0 Å². The number of Topliss-reactive ketones (excluding diaryl/α,β-unsaturated/α-hetero) is 1. The lowest BCUT2D eigenvalue weighted by molar-refractivity contribution is -0.140. The fourth-order valence-electron chi connectivity index (χ4n) is 3.00. The Kier molecular flexibility index (Phi) is 4.81. The van der Waals surface area contributed by atoms with Gasteiger partial charge in [-0.15, -0.1) is 0 Å². The lowest BCUT2D eigenvalue weighted by atomic mass is 9.95. The molecule has 1 aliphatic heterocycles. The Labute approximate surface area is 147 Å². The molecule has 0 radical (unpaired) electrons. The van der Waals surface area contributed by atoms with Crippen LogP contribution in [0.25, 0.3) is 5.76 Å². The molecule has 26 heavy (non-hydrogen) atoms. The monoisotopic (exact) mass is 359 g/mol. The number of ketones is 1. The lowest BCUT2D eigenvalue weighted by Gasteiger charge is -2.24. The summed E-state index contributed by atoms with van der Waals surface area (Å²) in [6.07, 6.45) is 0. The van der Waals surface area contributed by atoms with Gasteiger partial charge in [0.05, 0.1) is 18.2 Å². The van der Waals surface area contributed by atoms with Crippen molar-refractivity contribution in [2.24, 2.45) is 0 Å². The van der Waals surface area contributed by atoms with Gasteiger partial charge in [-0.2, -0.15) is 0 Å². The molecule has 3 rings (SSSR count). The minimum Gasteiger partial charge on any atom is -0.507 e. The second-order valence-electron chi connectivity index (χ2n) is 5.74. The van der Waals surface area contributed by atoms with Crippen molar-refractivity contribution in [3.05, 3.63) is 76.9 Å². The molecular weight excluding hydrogens is 344 g/mol. The van der Waals surface area contributed by atoms with Crippen molar-refractivity contribution in [2.75, 3.05) is 13.2 Å². The topological polar surface area (TPSA) is 77.8 Å². The summed E-state index contributed by atoms with van der Waals surface area (Å²) in [7, 11) is 0. The van der Waals surface area contributed by atoms with Crippen molar-refractivity contribution in [3.63, 3.8) is 0 Å². The highest BCUT2D eigenvalue weighted by atomic mass is 19.1.